The number of nitrogens with one attached hydrogen (secondary N) is 2. The molecule has 0 spiro atoms. The summed E-state index contributed by atoms with van der Waals surface area (Å²) in [6, 6.07) is 7.31. The Balaban J connectivity index is 1.83. The summed E-state index contributed by atoms with van der Waals surface area (Å²) in [4.78, 5) is 12.0. The second kappa shape index (κ2) is 4.86. The number of nitrogens with zero attached hydrogens (tertiary/aromatic N) is 1. The van der Waals surface area contributed by atoms with Crippen molar-refractivity contribution in [3.05, 3.63) is 50.6 Å². The first-order valence-corrected chi connectivity index (χ1v) is 5.50. The average Bonchev–Trinajstić information content (AvgIpc) is 2.74. The van der Waals surface area contributed by atoms with Crippen molar-refractivity contribution in [2.45, 2.75) is 13.1 Å². The average molecular weight is 221 g/mol. The van der Waals surface area contributed by atoms with Crippen LogP contribution in [0.25, 0.3) is 0 Å². The zero-order chi connectivity index (χ0) is 10.5. The van der Waals surface area contributed by atoms with Crippen molar-refractivity contribution in [1.82, 2.24) is 15.5 Å². The molecule has 2 aromatic rings. The molecule has 2 heterocycles. The highest BCUT2D eigenvalue weighted by molar-refractivity contribution is 7.09. The van der Waals surface area contributed by atoms with E-state index < -0.39 is 0 Å². The van der Waals surface area contributed by atoms with Gasteiger partial charge in [0.25, 0.3) is 5.56 Å². The number of thiophene rings is 1. The molecule has 0 aliphatic heterocycles. The summed E-state index contributed by atoms with van der Waals surface area (Å²) < 4.78 is 0. The lowest BCUT2D eigenvalue weighted by atomic mass is 10.4. The highest BCUT2D eigenvalue weighted by Gasteiger charge is 1.95. The van der Waals surface area contributed by atoms with Crippen LogP contribution >= 0.6 is 11.3 Å². The first-order valence-electron chi connectivity index (χ1n) is 4.62. The van der Waals surface area contributed by atoms with Crippen molar-refractivity contribution in [2.24, 2.45) is 0 Å². The van der Waals surface area contributed by atoms with Crippen molar-refractivity contribution in [3.63, 3.8) is 0 Å². The minimum Gasteiger partial charge on any atom is -0.306 e. The third-order valence-corrected chi connectivity index (χ3v) is 2.80. The molecule has 0 aliphatic carbocycles. The lowest BCUT2D eigenvalue weighted by molar-refractivity contribution is 0.674. The van der Waals surface area contributed by atoms with Crippen LogP contribution in [0.2, 0.25) is 0 Å². The molecule has 0 aliphatic rings. The van der Waals surface area contributed by atoms with Crippen molar-refractivity contribution in [3.8, 4) is 0 Å². The maximum Gasteiger partial charge on any atom is 0.264 e. The fourth-order valence-electron chi connectivity index (χ4n) is 1.20. The molecule has 15 heavy (non-hydrogen) atoms. The lowest BCUT2D eigenvalue weighted by Gasteiger charge is -2.01. The summed E-state index contributed by atoms with van der Waals surface area (Å²) in [5.41, 5.74) is 0.670. The van der Waals surface area contributed by atoms with E-state index in [1.54, 1.807) is 17.4 Å². The third kappa shape index (κ3) is 3.00. The molecule has 0 fully saturated rings. The molecule has 2 aromatic heterocycles. The van der Waals surface area contributed by atoms with E-state index in [1.165, 1.54) is 10.9 Å². The van der Waals surface area contributed by atoms with E-state index in [-0.39, 0.29) is 5.56 Å². The second-order valence-corrected chi connectivity index (χ2v) is 4.13. The van der Waals surface area contributed by atoms with Gasteiger partial charge in [0.05, 0.1) is 5.69 Å². The number of hydrogen-bond donors (Lipinski definition) is 2. The number of aromatic amines is 1. The molecular weight excluding hydrogens is 210 g/mol. The quantitative estimate of drug-likeness (QED) is 0.813. The maximum absolute atomic E-state index is 10.7. The fourth-order valence-corrected chi connectivity index (χ4v) is 1.87. The maximum atomic E-state index is 10.7. The SMILES string of the molecule is O=c1ccc(CNCc2cccs2)n[nH]1. The van der Waals surface area contributed by atoms with Crippen LogP contribution < -0.4 is 10.9 Å². The Morgan fingerprint density at radius 3 is 2.93 bits per heavy atom. The van der Waals surface area contributed by atoms with Crippen LogP contribution in [0.5, 0.6) is 0 Å². The summed E-state index contributed by atoms with van der Waals surface area (Å²) in [7, 11) is 0. The molecule has 0 radical (unpaired) electrons. The highest BCUT2D eigenvalue weighted by Crippen LogP contribution is 2.07. The van der Waals surface area contributed by atoms with Gasteiger partial charge in [0, 0.05) is 24.0 Å². The largest absolute Gasteiger partial charge is 0.306 e. The Hall–Kier alpha value is -1.46. The van der Waals surface area contributed by atoms with Gasteiger partial charge in [-0.05, 0) is 17.5 Å². The zero-order valence-corrected chi connectivity index (χ0v) is 8.88. The van der Waals surface area contributed by atoms with E-state index in [0.29, 0.717) is 6.54 Å². The van der Waals surface area contributed by atoms with Gasteiger partial charge in [-0.1, -0.05) is 6.07 Å². The van der Waals surface area contributed by atoms with Gasteiger partial charge in [-0.3, -0.25) is 4.79 Å². The van der Waals surface area contributed by atoms with E-state index in [1.807, 2.05) is 6.07 Å². The number of rotatable bonds is 4. The monoisotopic (exact) mass is 221 g/mol. The van der Waals surface area contributed by atoms with Crippen LogP contribution in [0.15, 0.2) is 34.4 Å². The van der Waals surface area contributed by atoms with Crippen LogP contribution in [0, 0.1) is 0 Å². The van der Waals surface area contributed by atoms with Crippen LogP contribution in [0.4, 0.5) is 0 Å². The Bertz CT molecular complexity index is 443. The molecule has 0 aromatic carbocycles. The molecule has 2 N–H and O–H groups in total. The van der Waals surface area contributed by atoms with Gasteiger partial charge in [0.2, 0.25) is 0 Å². The molecular formula is C10H11N3OS. The Morgan fingerprint density at radius 2 is 2.27 bits per heavy atom. The molecule has 0 bridgehead atoms. The minimum absolute atomic E-state index is 0.169. The predicted octanol–water partition coefficient (Wildman–Crippen LogP) is 1.12. The smallest absolute Gasteiger partial charge is 0.264 e. The standard InChI is InChI=1S/C10H11N3OS/c14-10-4-3-8(12-13-10)6-11-7-9-2-1-5-15-9/h1-5,11H,6-7H2,(H,13,14). The van der Waals surface area contributed by atoms with Gasteiger partial charge < -0.3 is 5.32 Å². The molecule has 78 valence electrons. The minimum atomic E-state index is -0.169. The normalized spacial score (nSPS) is 10.4. The molecule has 0 amide bonds. The Labute approximate surface area is 91.0 Å². The molecule has 2 rings (SSSR count). The Kier molecular flexibility index (Phi) is 3.26. The lowest BCUT2D eigenvalue weighted by Crippen LogP contribution is -2.15. The van der Waals surface area contributed by atoms with Gasteiger partial charge in [-0.2, -0.15) is 5.10 Å². The van der Waals surface area contributed by atoms with Crippen molar-refractivity contribution in [1.29, 1.82) is 0 Å². The molecule has 4 nitrogen and oxygen atoms in total. The van der Waals surface area contributed by atoms with Gasteiger partial charge in [-0.15, -0.1) is 11.3 Å². The van der Waals surface area contributed by atoms with Gasteiger partial charge in [-0.25, -0.2) is 5.10 Å². The molecule has 0 unspecified atom stereocenters. The van der Waals surface area contributed by atoms with Gasteiger partial charge in [0.15, 0.2) is 0 Å². The fraction of sp³-hybridized carbons (Fsp3) is 0.200. The number of aromatic nitrogens is 2. The van der Waals surface area contributed by atoms with Crippen molar-refractivity contribution >= 4 is 11.3 Å². The summed E-state index contributed by atoms with van der Waals surface area (Å²) >= 11 is 1.72. The van der Waals surface area contributed by atoms with Crippen LogP contribution in [-0.2, 0) is 13.1 Å². The van der Waals surface area contributed by atoms with Crippen LogP contribution in [0.3, 0.4) is 0 Å². The molecule has 0 saturated heterocycles. The Morgan fingerprint density at radius 1 is 1.33 bits per heavy atom. The summed E-state index contributed by atoms with van der Waals surface area (Å²) in [6.45, 7) is 1.49. The van der Waals surface area contributed by atoms with Gasteiger partial charge in [0.1, 0.15) is 0 Å². The summed E-state index contributed by atoms with van der Waals surface area (Å²) in [6.07, 6.45) is 0. The van der Waals surface area contributed by atoms with Crippen molar-refractivity contribution in [2.75, 3.05) is 0 Å². The predicted molar refractivity (Wildman–Crippen MR) is 59.7 cm³/mol. The second-order valence-electron chi connectivity index (χ2n) is 3.10. The zero-order valence-electron chi connectivity index (χ0n) is 8.06. The first-order chi connectivity index (χ1) is 7.34. The van der Waals surface area contributed by atoms with E-state index >= 15 is 0 Å². The summed E-state index contributed by atoms with van der Waals surface area (Å²) in [5.74, 6) is 0. The van der Waals surface area contributed by atoms with Crippen LogP contribution in [-0.4, -0.2) is 10.2 Å². The van der Waals surface area contributed by atoms with E-state index in [4.69, 9.17) is 0 Å². The van der Waals surface area contributed by atoms with Crippen LogP contribution in [0.1, 0.15) is 10.6 Å². The van der Waals surface area contributed by atoms with Crippen molar-refractivity contribution < 1.29 is 0 Å². The van der Waals surface area contributed by atoms with E-state index in [0.717, 1.165) is 12.2 Å². The van der Waals surface area contributed by atoms with E-state index in [9.17, 15) is 4.79 Å². The third-order valence-electron chi connectivity index (χ3n) is 1.92. The highest BCUT2D eigenvalue weighted by atomic mass is 32.1. The number of H-pyrrole nitrogens is 1. The molecule has 0 atom stereocenters. The topological polar surface area (TPSA) is 57.8 Å². The van der Waals surface area contributed by atoms with E-state index in [2.05, 4.69) is 27.0 Å². The molecule has 0 saturated carbocycles. The molecule has 5 heteroatoms. The van der Waals surface area contributed by atoms with Gasteiger partial charge >= 0.3 is 0 Å². The first kappa shape index (κ1) is 10.1. The number of hydrogen-bond acceptors (Lipinski definition) is 4. The summed E-state index contributed by atoms with van der Waals surface area (Å²) in [5, 5.41) is 11.6.